The number of fused-ring (bicyclic) bond motifs is 2. The van der Waals surface area contributed by atoms with Crippen molar-refractivity contribution < 1.29 is 9.53 Å². The van der Waals surface area contributed by atoms with E-state index >= 15 is 0 Å². The van der Waals surface area contributed by atoms with Crippen molar-refractivity contribution in [2.75, 3.05) is 11.9 Å². The zero-order chi connectivity index (χ0) is 18.6. The number of carbonyl (C=O) groups excluding carboxylic acids is 1. The normalized spacial score (nSPS) is 14.9. The van der Waals surface area contributed by atoms with E-state index < -0.39 is 0 Å². The fraction of sp³-hybridized carbons (Fsp3) is 0.174. The molecular weight excluding hydrogens is 354 g/mol. The predicted octanol–water partition coefficient (Wildman–Crippen LogP) is 6.10. The molecule has 1 aliphatic rings. The molecule has 0 radical (unpaired) electrons. The van der Waals surface area contributed by atoms with Crippen LogP contribution in [-0.2, 0) is 4.79 Å². The van der Waals surface area contributed by atoms with Crippen molar-refractivity contribution >= 4 is 40.2 Å². The van der Waals surface area contributed by atoms with Gasteiger partial charge in [-0.2, -0.15) is 0 Å². The number of hydrogen-bond donors (Lipinski definition) is 1. The predicted molar refractivity (Wildman–Crippen MR) is 113 cm³/mol. The van der Waals surface area contributed by atoms with Gasteiger partial charge in [-0.3, -0.25) is 4.79 Å². The summed E-state index contributed by atoms with van der Waals surface area (Å²) in [7, 11) is 0. The lowest BCUT2D eigenvalue weighted by Crippen LogP contribution is -2.17. The molecule has 0 saturated heterocycles. The largest absolute Gasteiger partial charge is 0.493 e. The fourth-order valence-corrected chi connectivity index (χ4v) is 4.04. The highest BCUT2D eigenvalue weighted by Crippen LogP contribution is 2.40. The third kappa shape index (κ3) is 3.71. The summed E-state index contributed by atoms with van der Waals surface area (Å²) in [6, 6.07) is 20.1. The molecule has 0 aromatic heterocycles. The van der Waals surface area contributed by atoms with E-state index in [1.54, 1.807) is 0 Å². The first-order chi connectivity index (χ1) is 13.3. The van der Waals surface area contributed by atoms with Gasteiger partial charge < -0.3 is 10.1 Å². The Bertz CT molecular complexity index is 1030. The molecule has 1 amide bonds. The number of amides is 1. The molecule has 0 spiro atoms. The standard InChI is InChI=1S/C23H21NO2S/c1-2-3-14-26-20-13-12-16-8-4-5-9-17(16)18(20)15-22-23(25)24-19-10-6-7-11-21(19)27-22/h4-13,15H,2-3,14H2,1H3,(H,24,25)/b22-15-. The number of thioether (sulfide) groups is 1. The van der Waals surface area contributed by atoms with E-state index in [-0.39, 0.29) is 5.91 Å². The van der Waals surface area contributed by atoms with Crippen LogP contribution in [0.15, 0.2) is 70.5 Å². The minimum absolute atomic E-state index is 0.0776. The summed E-state index contributed by atoms with van der Waals surface area (Å²) in [5.41, 5.74) is 1.82. The van der Waals surface area contributed by atoms with Crippen LogP contribution in [0.1, 0.15) is 25.3 Å². The van der Waals surface area contributed by atoms with Crippen molar-refractivity contribution in [2.45, 2.75) is 24.7 Å². The smallest absolute Gasteiger partial charge is 0.262 e. The van der Waals surface area contributed by atoms with Crippen molar-refractivity contribution in [3.8, 4) is 5.75 Å². The van der Waals surface area contributed by atoms with Crippen LogP contribution in [-0.4, -0.2) is 12.5 Å². The van der Waals surface area contributed by atoms with Gasteiger partial charge in [0.05, 0.1) is 17.2 Å². The molecule has 0 aliphatic carbocycles. The third-order valence-corrected chi connectivity index (χ3v) is 5.64. The Morgan fingerprint density at radius 2 is 1.85 bits per heavy atom. The van der Waals surface area contributed by atoms with Gasteiger partial charge in [-0.1, -0.05) is 67.6 Å². The molecule has 4 rings (SSSR count). The van der Waals surface area contributed by atoms with E-state index in [9.17, 15) is 4.79 Å². The van der Waals surface area contributed by atoms with E-state index in [2.05, 4.69) is 30.4 Å². The Balaban J connectivity index is 1.78. The number of para-hydroxylation sites is 1. The summed E-state index contributed by atoms with van der Waals surface area (Å²) < 4.78 is 6.05. The van der Waals surface area contributed by atoms with Crippen molar-refractivity contribution in [3.63, 3.8) is 0 Å². The van der Waals surface area contributed by atoms with Crippen molar-refractivity contribution in [1.82, 2.24) is 0 Å². The van der Waals surface area contributed by atoms with Gasteiger partial charge in [0.25, 0.3) is 5.91 Å². The monoisotopic (exact) mass is 375 g/mol. The molecule has 3 nitrogen and oxygen atoms in total. The number of anilines is 1. The van der Waals surface area contributed by atoms with E-state index in [0.717, 1.165) is 45.5 Å². The highest BCUT2D eigenvalue weighted by Gasteiger charge is 2.21. The second kappa shape index (κ2) is 7.89. The van der Waals surface area contributed by atoms with Crippen LogP contribution in [0.5, 0.6) is 5.75 Å². The second-order valence-electron chi connectivity index (χ2n) is 6.46. The van der Waals surface area contributed by atoms with Gasteiger partial charge in [0.2, 0.25) is 0 Å². The van der Waals surface area contributed by atoms with E-state index in [1.165, 1.54) is 11.8 Å². The molecule has 1 N–H and O–H groups in total. The Morgan fingerprint density at radius 3 is 2.74 bits per heavy atom. The van der Waals surface area contributed by atoms with Gasteiger partial charge in [-0.05, 0) is 41.5 Å². The number of ether oxygens (including phenoxy) is 1. The van der Waals surface area contributed by atoms with Gasteiger partial charge in [-0.15, -0.1) is 0 Å². The zero-order valence-corrected chi connectivity index (χ0v) is 16.0. The SMILES string of the molecule is CCCCOc1ccc2ccccc2c1/C=C1\Sc2ccccc2NC1=O. The Labute approximate surface area is 163 Å². The maximum atomic E-state index is 12.6. The molecule has 4 heteroatoms. The Kier molecular flexibility index (Phi) is 5.16. The van der Waals surface area contributed by atoms with Crippen LogP contribution in [0.25, 0.3) is 16.8 Å². The molecule has 0 atom stereocenters. The molecule has 3 aromatic carbocycles. The first-order valence-electron chi connectivity index (χ1n) is 9.21. The molecule has 0 unspecified atom stereocenters. The lowest BCUT2D eigenvalue weighted by atomic mass is 10.0. The summed E-state index contributed by atoms with van der Waals surface area (Å²) in [5, 5.41) is 5.20. The third-order valence-electron chi connectivity index (χ3n) is 4.54. The number of hydrogen-bond acceptors (Lipinski definition) is 3. The maximum Gasteiger partial charge on any atom is 0.262 e. The van der Waals surface area contributed by atoms with E-state index in [4.69, 9.17) is 4.74 Å². The fourth-order valence-electron chi connectivity index (χ4n) is 3.11. The van der Waals surface area contributed by atoms with E-state index in [0.29, 0.717) is 11.5 Å². The molecule has 0 bridgehead atoms. The minimum atomic E-state index is -0.0776. The van der Waals surface area contributed by atoms with E-state index in [1.807, 2.05) is 48.5 Å². The molecule has 1 heterocycles. The molecular formula is C23H21NO2S. The van der Waals surface area contributed by atoms with Gasteiger partial charge in [-0.25, -0.2) is 0 Å². The number of rotatable bonds is 5. The molecule has 136 valence electrons. The molecule has 1 aliphatic heterocycles. The highest BCUT2D eigenvalue weighted by atomic mass is 32.2. The molecule has 3 aromatic rings. The Morgan fingerprint density at radius 1 is 1.04 bits per heavy atom. The zero-order valence-electron chi connectivity index (χ0n) is 15.2. The van der Waals surface area contributed by atoms with Crippen molar-refractivity contribution in [2.24, 2.45) is 0 Å². The topological polar surface area (TPSA) is 38.3 Å². The van der Waals surface area contributed by atoms with Gasteiger partial charge in [0.1, 0.15) is 5.75 Å². The van der Waals surface area contributed by atoms with Gasteiger partial charge in [0.15, 0.2) is 0 Å². The first-order valence-corrected chi connectivity index (χ1v) is 10.0. The average molecular weight is 375 g/mol. The number of carbonyl (C=O) groups is 1. The van der Waals surface area contributed by atoms with Crippen molar-refractivity contribution in [1.29, 1.82) is 0 Å². The van der Waals surface area contributed by atoms with Crippen LogP contribution in [0.3, 0.4) is 0 Å². The van der Waals surface area contributed by atoms with Crippen LogP contribution in [0.4, 0.5) is 5.69 Å². The summed E-state index contributed by atoms with van der Waals surface area (Å²) in [6.45, 7) is 2.82. The Hall–Kier alpha value is -2.72. The lowest BCUT2D eigenvalue weighted by molar-refractivity contribution is -0.112. The molecule has 27 heavy (non-hydrogen) atoms. The van der Waals surface area contributed by atoms with Crippen LogP contribution in [0, 0.1) is 0 Å². The highest BCUT2D eigenvalue weighted by molar-refractivity contribution is 8.04. The van der Waals surface area contributed by atoms with Gasteiger partial charge >= 0.3 is 0 Å². The van der Waals surface area contributed by atoms with Gasteiger partial charge in [0, 0.05) is 10.5 Å². The minimum Gasteiger partial charge on any atom is -0.493 e. The van der Waals surface area contributed by atoms with Crippen LogP contribution < -0.4 is 10.1 Å². The summed E-state index contributed by atoms with van der Waals surface area (Å²) >= 11 is 1.50. The number of benzene rings is 3. The number of unbranched alkanes of at least 4 members (excludes halogenated alkanes) is 1. The summed E-state index contributed by atoms with van der Waals surface area (Å²) in [6.07, 6.45) is 4.05. The average Bonchev–Trinajstić information content (AvgIpc) is 2.70. The second-order valence-corrected chi connectivity index (χ2v) is 7.55. The molecule has 0 fully saturated rings. The van der Waals surface area contributed by atoms with Crippen LogP contribution >= 0.6 is 11.8 Å². The summed E-state index contributed by atoms with van der Waals surface area (Å²) in [5.74, 6) is 0.744. The quantitative estimate of drug-likeness (QED) is 0.432. The summed E-state index contributed by atoms with van der Waals surface area (Å²) in [4.78, 5) is 14.4. The maximum absolute atomic E-state index is 12.6. The van der Waals surface area contributed by atoms with Crippen molar-refractivity contribution in [3.05, 3.63) is 71.1 Å². The first kappa shape index (κ1) is 17.7. The lowest BCUT2D eigenvalue weighted by Gasteiger charge is -2.19. The van der Waals surface area contributed by atoms with Crippen LogP contribution in [0.2, 0.25) is 0 Å². The number of nitrogens with one attached hydrogen (secondary N) is 1. The molecule has 0 saturated carbocycles.